The Morgan fingerprint density at radius 1 is 1.13 bits per heavy atom. The number of rotatable bonds is 1. The molecule has 0 aromatic carbocycles. The highest BCUT2D eigenvalue weighted by Crippen LogP contribution is 2.21. The molecule has 0 saturated carbocycles. The van der Waals surface area contributed by atoms with E-state index in [1.54, 1.807) is 0 Å². The minimum Gasteiger partial charge on any atom is -0.326 e. The molecule has 3 atom stereocenters. The second-order valence-electron chi connectivity index (χ2n) is 5.48. The second-order valence-corrected chi connectivity index (χ2v) is 5.48. The lowest BCUT2D eigenvalue weighted by Crippen LogP contribution is -2.55. The van der Waals surface area contributed by atoms with Crippen LogP contribution in [0.15, 0.2) is 0 Å². The first-order valence-corrected chi connectivity index (χ1v) is 6.35. The van der Waals surface area contributed by atoms with Crippen LogP contribution in [0.4, 0.5) is 0 Å². The van der Waals surface area contributed by atoms with Crippen LogP contribution in [0.5, 0.6) is 0 Å². The Morgan fingerprint density at radius 3 is 2.60 bits per heavy atom. The summed E-state index contributed by atoms with van der Waals surface area (Å²) in [5, 5.41) is 0. The van der Waals surface area contributed by atoms with E-state index in [9.17, 15) is 0 Å². The zero-order valence-corrected chi connectivity index (χ0v) is 10.2. The quantitative estimate of drug-likeness (QED) is 0.695. The summed E-state index contributed by atoms with van der Waals surface area (Å²) in [5.74, 6) is 0.711. The zero-order chi connectivity index (χ0) is 10.8. The molecule has 2 fully saturated rings. The maximum atomic E-state index is 6.15. The van der Waals surface area contributed by atoms with E-state index < -0.39 is 0 Å². The molecule has 2 saturated heterocycles. The van der Waals surface area contributed by atoms with Gasteiger partial charge >= 0.3 is 0 Å². The molecule has 0 spiro atoms. The largest absolute Gasteiger partial charge is 0.326 e. The predicted octanol–water partition coefficient (Wildman–Crippen LogP) is 0.750. The lowest BCUT2D eigenvalue weighted by atomic mass is 9.92. The van der Waals surface area contributed by atoms with Gasteiger partial charge in [0.25, 0.3) is 0 Å². The second kappa shape index (κ2) is 4.81. The SMILES string of the molecule is CC1CCN(C2CCCN(C)C2)CC1N. The van der Waals surface area contributed by atoms with E-state index in [0.717, 1.165) is 12.6 Å². The van der Waals surface area contributed by atoms with Gasteiger partial charge in [-0.15, -0.1) is 0 Å². The van der Waals surface area contributed by atoms with Crippen LogP contribution in [0.25, 0.3) is 0 Å². The highest BCUT2D eigenvalue weighted by molar-refractivity contribution is 4.87. The van der Waals surface area contributed by atoms with E-state index >= 15 is 0 Å². The Bertz CT molecular complexity index is 207. The molecular formula is C12H25N3. The lowest BCUT2D eigenvalue weighted by molar-refractivity contribution is 0.0717. The normalized spacial score (nSPS) is 40.6. The summed E-state index contributed by atoms with van der Waals surface area (Å²) in [5.41, 5.74) is 6.15. The summed E-state index contributed by atoms with van der Waals surface area (Å²) < 4.78 is 0. The van der Waals surface area contributed by atoms with E-state index in [-0.39, 0.29) is 0 Å². The van der Waals surface area contributed by atoms with Gasteiger partial charge in [-0.3, -0.25) is 4.90 Å². The van der Waals surface area contributed by atoms with Crippen LogP contribution in [0, 0.1) is 5.92 Å². The van der Waals surface area contributed by atoms with E-state index in [2.05, 4.69) is 23.8 Å². The van der Waals surface area contributed by atoms with Gasteiger partial charge in [0.15, 0.2) is 0 Å². The van der Waals surface area contributed by atoms with Crippen LogP contribution < -0.4 is 5.73 Å². The Hall–Kier alpha value is -0.120. The number of nitrogens with zero attached hydrogens (tertiary/aromatic N) is 2. The molecule has 15 heavy (non-hydrogen) atoms. The molecule has 0 amide bonds. The highest BCUT2D eigenvalue weighted by Gasteiger charge is 2.29. The average molecular weight is 211 g/mol. The number of piperidine rings is 2. The van der Waals surface area contributed by atoms with Crippen LogP contribution >= 0.6 is 0 Å². The molecule has 3 heteroatoms. The Kier molecular flexibility index (Phi) is 3.65. The fourth-order valence-electron chi connectivity index (χ4n) is 2.89. The fourth-order valence-corrected chi connectivity index (χ4v) is 2.89. The molecule has 2 aliphatic rings. The van der Waals surface area contributed by atoms with Crippen molar-refractivity contribution in [3.8, 4) is 0 Å². The van der Waals surface area contributed by atoms with Crippen LogP contribution in [0.1, 0.15) is 26.2 Å². The van der Waals surface area contributed by atoms with Crippen molar-refractivity contribution in [3.05, 3.63) is 0 Å². The Labute approximate surface area is 93.6 Å². The van der Waals surface area contributed by atoms with Gasteiger partial charge in [-0.2, -0.15) is 0 Å². The molecule has 2 heterocycles. The maximum absolute atomic E-state index is 6.15. The van der Waals surface area contributed by atoms with E-state index in [1.807, 2.05) is 0 Å². The van der Waals surface area contributed by atoms with Crippen LogP contribution in [0.3, 0.4) is 0 Å². The first-order valence-electron chi connectivity index (χ1n) is 6.35. The summed E-state index contributed by atoms with van der Waals surface area (Å²) in [7, 11) is 2.23. The smallest absolute Gasteiger partial charge is 0.0224 e. The van der Waals surface area contributed by atoms with Gasteiger partial charge in [0, 0.05) is 25.2 Å². The van der Waals surface area contributed by atoms with Gasteiger partial charge in [0.1, 0.15) is 0 Å². The molecule has 0 radical (unpaired) electrons. The van der Waals surface area contributed by atoms with Crippen LogP contribution in [0.2, 0.25) is 0 Å². The van der Waals surface area contributed by atoms with Gasteiger partial charge in [-0.05, 0) is 45.3 Å². The number of hydrogen-bond acceptors (Lipinski definition) is 3. The molecule has 3 unspecified atom stereocenters. The van der Waals surface area contributed by atoms with Crippen molar-refractivity contribution in [3.63, 3.8) is 0 Å². The highest BCUT2D eigenvalue weighted by atomic mass is 15.2. The summed E-state index contributed by atoms with van der Waals surface area (Å²) >= 11 is 0. The number of hydrogen-bond donors (Lipinski definition) is 1. The van der Waals surface area contributed by atoms with Crippen molar-refractivity contribution in [1.29, 1.82) is 0 Å². The van der Waals surface area contributed by atoms with Gasteiger partial charge in [0.05, 0.1) is 0 Å². The zero-order valence-electron chi connectivity index (χ0n) is 10.2. The molecule has 2 rings (SSSR count). The van der Waals surface area contributed by atoms with Crippen molar-refractivity contribution < 1.29 is 0 Å². The average Bonchev–Trinajstić information content (AvgIpc) is 2.22. The first-order chi connectivity index (χ1) is 7.16. The predicted molar refractivity (Wildman–Crippen MR) is 63.8 cm³/mol. The molecule has 88 valence electrons. The van der Waals surface area contributed by atoms with Crippen molar-refractivity contribution >= 4 is 0 Å². The fraction of sp³-hybridized carbons (Fsp3) is 1.00. The molecule has 0 bridgehead atoms. The van der Waals surface area contributed by atoms with E-state index in [1.165, 1.54) is 38.9 Å². The van der Waals surface area contributed by atoms with Crippen molar-refractivity contribution in [1.82, 2.24) is 9.80 Å². The van der Waals surface area contributed by atoms with E-state index in [0.29, 0.717) is 12.0 Å². The van der Waals surface area contributed by atoms with Gasteiger partial charge in [-0.1, -0.05) is 6.92 Å². The van der Waals surface area contributed by atoms with Gasteiger partial charge in [0.2, 0.25) is 0 Å². The Balaban J connectivity index is 1.87. The number of nitrogens with two attached hydrogens (primary N) is 1. The summed E-state index contributed by atoms with van der Waals surface area (Å²) in [6.07, 6.45) is 4.00. The minimum atomic E-state index is 0.394. The number of likely N-dealkylation sites (N-methyl/N-ethyl adjacent to an activating group) is 1. The monoisotopic (exact) mass is 211 g/mol. The minimum absolute atomic E-state index is 0.394. The van der Waals surface area contributed by atoms with Crippen molar-refractivity contribution in [2.45, 2.75) is 38.3 Å². The molecule has 3 nitrogen and oxygen atoms in total. The standard InChI is InChI=1S/C12H25N3/c1-10-5-7-15(9-12(10)13)11-4-3-6-14(2)8-11/h10-12H,3-9,13H2,1-2H3. The molecule has 2 N–H and O–H groups in total. The van der Waals surface area contributed by atoms with Gasteiger partial charge in [-0.25, -0.2) is 0 Å². The summed E-state index contributed by atoms with van der Waals surface area (Å²) in [4.78, 5) is 5.08. The molecular weight excluding hydrogens is 186 g/mol. The lowest BCUT2D eigenvalue weighted by Gasteiger charge is -2.43. The number of likely N-dealkylation sites (tertiary alicyclic amines) is 2. The summed E-state index contributed by atoms with van der Waals surface area (Å²) in [6.45, 7) is 7.16. The Morgan fingerprint density at radius 2 is 1.93 bits per heavy atom. The third kappa shape index (κ3) is 2.71. The van der Waals surface area contributed by atoms with Crippen molar-refractivity contribution in [2.75, 3.05) is 33.2 Å². The third-order valence-corrected chi connectivity index (χ3v) is 4.16. The first kappa shape index (κ1) is 11.4. The molecule has 2 aliphatic heterocycles. The van der Waals surface area contributed by atoms with Crippen LogP contribution in [-0.2, 0) is 0 Å². The third-order valence-electron chi connectivity index (χ3n) is 4.16. The van der Waals surface area contributed by atoms with Crippen LogP contribution in [-0.4, -0.2) is 55.1 Å². The maximum Gasteiger partial charge on any atom is 0.0224 e. The topological polar surface area (TPSA) is 32.5 Å². The molecule has 0 aliphatic carbocycles. The van der Waals surface area contributed by atoms with Crippen molar-refractivity contribution in [2.24, 2.45) is 11.7 Å². The molecule has 0 aromatic rings. The summed E-state index contributed by atoms with van der Waals surface area (Å²) in [6, 6.07) is 1.16. The molecule has 0 aromatic heterocycles. The van der Waals surface area contributed by atoms with E-state index in [4.69, 9.17) is 5.73 Å². The van der Waals surface area contributed by atoms with Gasteiger partial charge < -0.3 is 10.6 Å².